The summed E-state index contributed by atoms with van der Waals surface area (Å²) < 4.78 is 17.6. The van der Waals surface area contributed by atoms with E-state index >= 15 is 0 Å². The van der Waals surface area contributed by atoms with Gasteiger partial charge in [-0.2, -0.15) is 9.64 Å². The summed E-state index contributed by atoms with van der Waals surface area (Å²) >= 11 is 6.95. The molecule has 1 aromatic carbocycles. The summed E-state index contributed by atoms with van der Waals surface area (Å²) in [5.41, 5.74) is 1.92. The summed E-state index contributed by atoms with van der Waals surface area (Å²) in [6.45, 7) is 1.02. The molecule has 0 spiro atoms. The van der Waals surface area contributed by atoms with Crippen molar-refractivity contribution < 1.29 is 4.39 Å². The largest absolute Gasteiger partial charge is 0.370 e. The fourth-order valence-electron chi connectivity index (χ4n) is 1.87. The van der Waals surface area contributed by atoms with Crippen LogP contribution in [0.25, 0.3) is 0 Å². The molecule has 0 saturated heterocycles. The topological polar surface area (TPSA) is 52.0 Å². The zero-order chi connectivity index (χ0) is 15.4. The van der Waals surface area contributed by atoms with Crippen molar-refractivity contribution in [2.45, 2.75) is 13.1 Å². The molecule has 21 heavy (non-hydrogen) atoms. The number of nitrogens with zero attached hydrogens (tertiary/aromatic N) is 3. The number of rotatable bonds is 5. The molecule has 0 aliphatic carbocycles. The van der Waals surface area contributed by atoms with Crippen molar-refractivity contribution in [1.82, 2.24) is 9.27 Å². The second-order valence-corrected chi connectivity index (χ2v) is 5.94. The molecule has 0 aliphatic rings. The van der Waals surface area contributed by atoms with Gasteiger partial charge in [0.05, 0.1) is 0 Å². The molecule has 0 radical (unpaired) electrons. The minimum Gasteiger partial charge on any atom is -0.370 e. The fraction of sp³-hybridized carbons (Fsp3) is 0.286. The van der Waals surface area contributed by atoms with E-state index in [1.54, 1.807) is 6.07 Å². The van der Waals surface area contributed by atoms with Gasteiger partial charge >= 0.3 is 0 Å². The highest BCUT2D eigenvalue weighted by Gasteiger charge is 2.11. The smallest absolute Gasteiger partial charge is 0.162 e. The third kappa shape index (κ3) is 3.91. The van der Waals surface area contributed by atoms with Gasteiger partial charge < -0.3 is 10.2 Å². The van der Waals surface area contributed by atoms with Crippen molar-refractivity contribution in [1.29, 1.82) is 5.26 Å². The first kappa shape index (κ1) is 15.7. The van der Waals surface area contributed by atoms with Crippen molar-refractivity contribution in [3.63, 3.8) is 0 Å². The van der Waals surface area contributed by atoms with Gasteiger partial charge in [-0.15, -0.1) is 0 Å². The molecule has 0 unspecified atom stereocenters. The molecule has 110 valence electrons. The van der Waals surface area contributed by atoms with Gasteiger partial charge in [-0.25, -0.2) is 4.39 Å². The van der Waals surface area contributed by atoms with E-state index in [1.807, 2.05) is 31.1 Å². The molecule has 1 aromatic heterocycles. The molecule has 2 aromatic rings. The highest BCUT2D eigenvalue weighted by atomic mass is 35.5. The molecule has 2 rings (SSSR count). The fourth-order valence-corrected chi connectivity index (χ4v) is 2.80. The van der Waals surface area contributed by atoms with Gasteiger partial charge in [-0.3, -0.25) is 0 Å². The quantitative estimate of drug-likeness (QED) is 0.914. The Morgan fingerprint density at radius 3 is 2.90 bits per heavy atom. The Bertz CT molecular complexity index is 678. The van der Waals surface area contributed by atoms with Gasteiger partial charge in [0, 0.05) is 18.7 Å². The Morgan fingerprint density at radius 2 is 2.24 bits per heavy atom. The molecular formula is C14H14ClFN4S. The number of benzene rings is 1. The van der Waals surface area contributed by atoms with Gasteiger partial charge in [-0.05, 0) is 43.3 Å². The molecule has 0 saturated carbocycles. The molecule has 0 atom stereocenters. The molecule has 0 aliphatic heterocycles. The van der Waals surface area contributed by atoms with Crippen LogP contribution in [-0.4, -0.2) is 23.4 Å². The van der Waals surface area contributed by atoms with E-state index in [2.05, 4.69) is 9.69 Å². The Balaban J connectivity index is 2.11. The van der Waals surface area contributed by atoms with Gasteiger partial charge in [0.2, 0.25) is 0 Å². The van der Waals surface area contributed by atoms with E-state index in [4.69, 9.17) is 16.9 Å². The molecule has 1 heterocycles. The normalized spacial score (nSPS) is 10.7. The lowest BCUT2D eigenvalue weighted by molar-refractivity contribution is 0.392. The summed E-state index contributed by atoms with van der Waals surface area (Å²) in [6, 6.07) is 7.01. The monoisotopic (exact) mass is 324 g/mol. The first-order valence-electron chi connectivity index (χ1n) is 6.22. The van der Waals surface area contributed by atoms with Gasteiger partial charge in [0.25, 0.3) is 0 Å². The number of hydrogen-bond donors (Lipinski definition) is 1. The van der Waals surface area contributed by atoms with E-state index in [0.29, 0.717) is 29.2 Å². The van der Waals surface area contributed by atoms with E-state index < -0.39 is 0 Å². The van der Waals surface area contributed by atoms with Crippen molar-refractivity contribution in [2.24, 2.45) is 0 Å². The minimum absolute atomic E-state index is 0.206. The lowest BCUT2D eigenvalue weighted by Crippen LogP contribution is -2.12. The van der Waals surface area contributed by atoms with Crippen LogP contribution in [0.5, 0.6) is 0 Å². The van der Waals surface area contributed by atoms with E-state index in [-0.39, 0.29) is 11.0 Å². The van der Waals surface area contributed by atoms with Crippen LogP contribution >= 0.6 is 23.1 Å². The molecule has 7 heteroatoms. The van der Waals surface area contributed by atoms with E-state index in [1.165, 1.54) is 6.07 Å². The third-order valence-electron chi connectivity index (χ3n) is 2.81. The summed E-state index contributed by atoms with van der Waals surface area (Å²) in [4.78, 5) is 1.91. The number of hydrogen-bond acceptors (Lipinski definition) is 5. The van der Waals surface area contributed by atoms with Crippen LogP contribution in [-0.2, 0) is 13.1 Å². The van der Waals surface area contributed by atoms with Crippen molar-refractivity contribution in [3.05, 3.63) is 45.9 Å². The zero-order valence-corrected chi connectivity index (χ0v) is 13.2. The number of halogens is 2. The summed E-state index contributed by atoms with van der Waals surface area (Å²) in [5, 5.41) is 12.9. The molecule has 0 fully saturated rings. The first-order chi connectivity index (χ1) is 10.0. The summed E-state index contributed by atoms with van der Waals surface area (Å²) in [6.07, 6.45) is 0. The maximum Gasteiger partial charge on any atom is 0.162 e. The van der Waals surface area contributed by atoms with E-state index in [0.717, 1.165) is 17.1 Å². The Labute approximate surface area is 131 Å². The summed E-state index contributed by atoms with van der Waals surface area (Å²) in [7, 11) is 3.78. The van der Waals surface area contributed by atoms with Crippen molar-refractivity contribution in [2.75, 3.05) is 19.4 Å². The van der Waals surface area contributed by atoms with Crippen LogP contribution in [0.3, 0.4) is 0 Å². The van der Waals surface area contributed by atoms with Gasteiger partial charge in [0.1, 0.15) is 22.5 Å². The zero-order valence-electron chi connectivity index (χ0n) is 11.7. The van der Waals surface area contributed by atoms with E-state index in [9.17, 15) is 4.39 Å². The Kier molecular flexibility index (Phi) is 5.12. The predicted octanol–water partition coefficient (Wildman–Crippen LogP) is 3.48. The standard InChI is InChI=1S/C14H14ClFN4S/c1-20(2)8-10-5-9(3-4-12(10)16)7-18-14-11(6-17)13(15)19-21-14/h3-5,18H,7-8H2,1-2H3. The van der Waals surface area contributed by atoms with Crippen LogP contribution in [0.2, 0.25) is 5.15 Å². The highest BCUT2D eigenvalue weighted by Crippen LogP contribution is 2.28. The van der Waals surface area contributed by atoms with Crippen molar-refractivity contribution >= 4 is 28.1 Å². The van der Waals surface area contributed by atoms with Gasteiger partial charge in [0.15, 0.2) is 5.15 Å². The maximum absolute atomic E-state index is 13.7. The predicted molar refractivity (Wildman–Crippen MR) is 83.0 cm³/mol. The minimum atomic E-state index is -0.217. The number of nitrogens with one attached hydrogen (secondary N) is 1. The second kappa shape index (κ2) is 6.85. The second-order valence-electron chi connectivity index (χ2n) is 4.81. The van der Waals surface area contributed by atoms with Crippen LogP contribution in [0.1, 0.15) is 16.7 Å². The molecular weight excluding hydrogens is 311 g/mol. The SMILES string of the molecule is CN(C)Cc1cc(CNc2snc(Cl)c2C#N)ccc1F. The van der Waals surface area contributed by atoms with Gasteiger partial charge in [-0.1, -0.05) is 17.7 Å². The van der Waals surface area contributed by atoms with Crippen molar-refractivity contribution in [3.8, 4) is 6.07 Å². The Hall–Kier alpha value is -1.68. The molecule has 0 bridgehead atoms. The third-order valence-corrected chi connectivity index (χ3v) is 3.99. The van der Waals surface area contributed by atoms with Crippen LogP contribution < -0.4 is 5.32 Å². The van der Waals surface area contributed by atoms with Crippen LogP contribution in [0, 0.1) is 17.1 Å². The van der Waals surface area contributed by atoms with Crippen LogP contribution in [0.15, 0.2) is 18.2 Å². The molecule has 0 amide bonds. The Morgan fingerprint density at radius 1 is 1.48 bits per heavy atom. The number of anilines is 1. The average Bonchev–Trinajstić information content (AvgIpc) is 2.79. The summed E-state index contributed by atoms with van der Waals surface area (Å²) in [5.74, 6) is -0.217. The first-order valence-corrected chi connectivity index (χ1v) is 7.37. The lowest BCUT2D eigenvalue weighted by Gasteiger charge is -2.12. The van der Waals surface area contributed by atoms with Crippen LogP contribution in [0.4, 0.5) is 9.39 Å². The number of aromatic nitrogens is 1. The maximum atomic E-state index is 13.7. The number of nitriles is 1. The lowest BCUT2D eigenvalue weighted by atomic mass is 10.1. The molecule has 1 N–H and O–H groups in total. The molecule has 4 nitrogen and oxygen atoms in total. The highest BCUT2D eigenvalue weighted by molar-refractivity contribution is 7.10. The average molecular weight is 325 g/mol.